The third-order valence-corrected chi connectivity index (χ3v) is 4.21. The second kappa shape index (κ2) is 11.1. The van der Waals surface area contributed by atoms with Crippen molar-refractivity contribution in [3.05, 3.63) is 52.5 Å². The normalized spacial score (nSPS) is 10.2. The maximum atomic E-state index is 12.2. The summed E-state index contributed by atoms with van der Waals surface area (Å²) >= 11 is 6.06. The summed E-state index contributed by atoms with van der Waals surface area (Å²) in [6.07, 6.45) is 2.35. The van der Waals surface area contributed by atoms with Gasteiger partial charge in [0.25, 0.3) is 5.91 Å². The van der Waals surface area contributed by atoms with E-state index in [1.807, 2.05) is 6.92 Å². The Balaban J connectivity index is 1.99. The lowest BCUT2D eigenvalue weighted by molar-refractivity contribution is -0.118. The van der Waals surface area contributed by atoms with Gasteiger partial charge in [0.1, 0.15) is 6.29 Å². The number of hydrogen-bond acceptors (Lipinski definition) is 6. The SMILES string of the molecule is CCCCOC(=O)c1cc(NC(=O)COc2ccc(C=O)cc2OC)ccc1Cl. The number of halogens is 1. The molecule has 1 amide bonds. The van der Waals surface area contributed by atoms with Crippen molar-refractivity contribution in [1.82, 2.24) is 0 Å². The average molecular weight is 420 g/mol. The first kappa shape index (κ1) is 22.2. The Labute approximate surface area is 173 Å². The van der Waals surface area contributed by atoms with Crippen molar-refractivity contribution in [3.8, 4) is 11.5 Å². The van der Waals surface area contributed by atoms with Crippen molar-refractivity contribution in [2.75, 3.05) is 25.6 Å². The lowest BCUT2D eigenvalue weighted by atomic mass is 10.2. The third kappa shape index (κ3) is 6.50. The Hall–Kier alpha value is -3.06. The Bertz CT molecular complexity index is 883. The summed E-state index contributed by atoms with van der Waals surface area (Å²) in [7, 11) is 1.44. The summed E-state index contributed by atoms with van der Waals surface area (Å²) in [5.74, 6) is -0.328. The molecule has 0 radical (unpaired) electrons. The number of benzene rings is 2. The predicted octanol–water partition coefficient (Wildman–Crippen LogP) is 4.14. The molecule has 0 bridgehead atoms. The van der Waals surface area contributed by atoms with Gasteiger partial charge in [0.05, 0.1) is 24.3 Å². The summed E-state index contributed by atoms with van der Waals surface area (Å²) in [6.45, 7) is 2.00. The van der Waals surface area contributed by atoms with Gasteiger partial charge in [0, 0.05) is 11.3 Å². The number of hydrogen-bond donors (Lipinski definition) is 1. The minimum atomic E-state index is -0.546. The Morgan fingerprint density at radius 3 is 2.62 bits per heavy atom. The summed E-state index contributed by atoms with van der Waals surface area (Å²) in [4.78, 5) is 35.2. The lowest BCUT2D eigenvalue weighted by Crippen LogP contribution is -2.20. The van der Waals surface area contributed by atoms with Crippen LogP contribution in [0.1, 0.15) is 40.5 Å². The summed E-state index contributed by atoms with van der Waals surface area (Å²) in [6, 6.07) is 9.14. The number of esters is 1. The maximum absolute atomic E-state index is 12.2. The van der Waals surface area contributed by atoms with E-state index < -0.39 is 11.9 Å². The van der Waals surface area contributed by atoms with Crippen molar-refractivity contribution in [3.63, 3.8) is 0 Å². The fourth-order valence-corrected chi connectivity index (χ4v) is 2.56. The van der Waals surface area contributed by atoms with Crippen LogP contribution in [0.15, 0.2) is 36.4 Å². The quantitative estimate of drug-likeness (QED) is 0.353. The van der Waals surface area contributed by atoms with Gasteiger partial charge in [-0.1, -0.05) is 24.9 Å². The Morgan fingerprint density at radius 2 is 1.93 bits per heavy atom. The van der Waals surface area contributed by atoms with E-state index in [1.54, 1.807) is 18.2 Å². The minimum Gasteiger partial charge on any atom is -0.493 e. The Kier molecular flexibility index (Phi) is 8.48. The van der Waals surface area contributed by atoms with Gasteiger partial charge in [-0.3, -0.25) is 9.59 Å². The number of methoxy groups -OCH3 is 1. The molecule has 0 aromatic heterocycles. The van der Waals surface area contributed by atoms with Gasteiger partial charge in [-0.25, -0.2) is 4.79 Å². The number of amides is 1. The molecular formula is C21H22ClNO6. The van der Waals surface area contributed by atoms with E-state index in [-0.39, 0.29) is 17.2 Å². The van der Waals surface area contributed by atoms with Crippen LogP contribution in [0.3, 0.4) is 0 Å². The Morgan fingerprint density at radius 1 is 1.14 bits per heavy atom. The van der Waals surface area contributed by atoms with Crippen molar-refractivity contribution < 1.29 is 28.6 Å². The first-order chi connectivity index (χ1) is 14.0. The van der Waals surface area contributed by atoms with Gasteiger partial charge >= 0.3 is 5.97 Å². The van der Waals surface area contributed by atoms with Crippen LogP contribution < -0.4 is 14.8 Å². The van der Waals surface area contributed by atoms with Crippen LogP contribution in [0.25, 0.3) is 0 Å². The van der Waals surface area contributed by atoms with E-state index in [0.29, 0.717) is 35.6 Å². The molecule has 0 saturated carbocycles. The number of unbranched alkanes of at least 4 members (excludes halogenated alkanes) is 1. The zero-order valence-corrected chi connectivity index (χ0v) is 17.0. The van der Waals surface area contributed by atoms with Gasteiger partial charge in [0.15, 0.2) is 18.1 Å². The van der Waals surface area contributed by atoms with Crippen LogP contribution in [0, 0.1) is 0 Å². The number of anilines is 1. The molecule has 2 aromatic rings. The van der Waals surface area contributed by atoms with E-state index in [2.05, 4.69) is 5.32 Å². The molecule has 7 nitrogen and oxygen atoms in total. The lowest BCUT2D eigenvalue weighted by Gasteiger charge is -2.12. The second-order valence-electron chi connectivity index (χ2n) is 6.05. The van der Waals surface area contributed by atoms with E-state index in [1.165, 1.54) is 25.3 Å². The highest BCUT2D eigenvalue weighted by molar-refractivity contribution is 6.33. The zero-order chi connectivity index (χ0) is 21.2. The highest BCUT2D eigenvalue weighted by Gasteiger charge is 2.14. The fourth-order valence-electron chi connectivity index (χ4n) is 2.36. The molecule has 0 atom stereocenters. The average Bonchev–Trinajstić information content (AvgIpc) is 2.73. The predicted molar refractivity (Wildman–Crippen MR) is 109 cm³/mol. The summed E-state index contributed by atoms with van der Waals surface area (Å²) in [5.41, 5.74) is 0.986. The minimum absolute atomic E-state index is 0.174. The van der Waals surface area contributed by atoms with Crippen LogP contribution in [0.5, 0.6) is 11.5 Å². The van der Waals surface area contributed by atoms with Gasteiger partial charge in [-0.15, -0.1) is 0 Å². The smallest absolute Gasteiger partial charge is 0.339 e. The fraction of sp³-hybridized carbons (Fsp3) is 0.286. The highest BCUT2D eigenvalue weighted by atomic mass is 35.5. The first-order valence-electron chi connectivity index (χ1n) is 9.01. The number of ether oxygens (including phenoxy) is 3. The number of rotatable bonds is 10. The van der Waals surface area contributed by atoms with Crippen LogP contribution in [0.4, 0.5) is 5.69 Å². The van der Waals surface area contributed by atoms with Gasteiger partial charge in [-0.05, 0) is 42.8 Å². The van der Waals surface area contributed by atoms with Crippen molar-refractivity contribution in [2.45, 2.75) is 19.8 Å². The van der Waals surface area contributed by atoms with Crippen LogP contribution >= 0.6 is 11.6 Å². The molecule has 0 aliphatic rings. The molecule has 0 aliphatic carbocycles. The van der Waals surface area contributed by atoms with Gasteiger partial charge in [0.2, 0.25) is 0 Å². The first-order valence-corrected chi connectivity index (χ1v) is 9.38. The monoisotopic (exact) mass is 419 g/mol. The van der Waals surface area contributed by atoms with Gasteiger partial charge in [-0.2, -0.15) is 0 Å². The zero-order valence-electron chi connectivity index (χ0n) is 16.2. The number of aldehydes is 1. The van der Waals surface area contributed by atoms with E-state index >= 15 is 0 Å². The molecule has 0 spiro atoms. The maximum Gasteiger partial charge on any atom is 0.339 e. The third-order valence-electron chi connectivity index (χ3n) is 3.88. The standard InChI is InChI=1S/C21H22ClNO6/c1-3-4-9-28-21(26)16-11-15(6-7-17(16)22)23-20(25)13-29-18-8-5-14(12-24)10-19(18)27-2/h5-8,10-12H,3-4,9,13H2,1-2H3,(H,23,25). The topological polar surface area (TPSA) is 90.9 Å². The van der Waals surface area contributed by atoms with Crippen LogP contribution in [0.2, 0.25) is 5.02 Å². The molecule has 0 heterocycles. The molecule has 1 N–H and O–H groups in total. The molecule has 0 unspecified atom stereocenters. The van der Waals surface area contributed by atoms with E-state index in [0.717, 1.165) is 12.8 Å². The van der Waals surface area contributed by atoms with Crippen molar-refractivity contribution >= 4 is 35.5 Å². The largest absolute Gasteiger partial charge is 0.493 e. The van der Waals surface area contributed by atoms with Crippen LogP contribution in [-0.2, 0) is 9.53 Å². The summed E-state index contributed by atoms with van der Waals surface area (Å²) in [5, 5.41) is 2.87. The number of carbonyl (C=O) groups excluding carboxylic acids is 3. The van der Waals surface area contributed by atoms with E-state index in [4.69, 9.17) is 25.8 Å². The van der Waals surface area contributed by atoms with Crippen molar-refractivity contribution in [2.24, 2.45) is 0 Å². The van der Waals surface area contributed by atoms with E-state index in [9.17, 15) is 14.4 Å². The molecule has 2 rings (SSSR count). The van der Waals surface area contributed by atoms with Gasteiger partial charge < -0.3 is 19.5 Å². The molecule has 8 heteroatoms. The molecule has 0 aliphatic heterocycles. The number of nitrogens with one attached hydrogen (secondary N) is 1. The summed E-state index contributed by atoms with van der Waals surface area (Å²) < 4.78 is 15.8. The number of carbonyl (C=O) groups is 3. The van der Waals surface area contributed by atoms with Crippen LogP contribution in [-0.4, -0.2) is 38.5 Å². The molecule has 154 valence electrons. The van der Waals surface area contributed by atoms with Crippen molar-refractivity contribution in [1.29, 1.82) is 0 Å². The molecule has 2 aromatic carbocycles. The molecule has 0 saturated heterocycles. The molecular weight excluding hydrogens is 398 g/mol. The molecule has 29 heavy (non-hydrogen) atoms. The molecule has 0 fully saturated rings. The highest BCUT2D eigenvalue weighted by Crippen LogP contribution is 2.27. The second-order valence-corrected chi connectivity index (χ2v) is 6.46.